The van der Waals surface area contributed by atoms with E-state index in [0.717, 1.165) is 6.42 Å². The molecule has 0 unspecified atom stereocenters. The molecule has 0 bridgehead atoms. The van der Waals surface area contributed by atoms with E-state index in [0.29, 0.717) is 0 Å². The van der Waals surface area contributed by atoms with E-state index in [2.05, 4.69) is 19.1 Å². The molecule has 2 heteroatoms. The Labute approximate surface area is 90.9 Å². The lowest BCUT2D eigenvalue weighted by Crippen LogP contribution is -2.20. The summed E-state index contributed by atoms with van der Waals surface area (Å²) in [5.41, 5.74) is 2.29. The first-order valence-electron chi connectivity index (χ1n) is 5.17. The summed E-state index contributed by atoms with van der Waals surface area (Å²) in [6.07, 6.45) is 1.02. The molecule has 0 aliphatic carbocycles. The van der Waals surface area contributed by atoms with Gasteiger partial charge in [-0.15, -0.1) is 0 Å². The standard InChI is InChI=1S/C13H18O2/c1-10-6-4-5-7-11(10)8-13(2,3)9-12(14)15/h4-7H,8-9H2,1-3H3,(H,14,15). The molecule has 0 fully saturated rings. The summed E-state index contributed by atoms with van der Waals surface area (Å²) in [6, 6.07) is 8.13. The Morgan fingerprint density at radius 1 is 1.33 bits per heavy atom. The lowest BCUT2D eigenvalue weighted by molar-refractivity contribution is -0.139. The van der Waals surface area contributed by atoms with Gasteiger partial charge in [-0.2, -0.15) is 0 Å². The smallest absolute Gasteiger partial charge is 0.303 e. The Kier molecular flexibility index (Phi) is 3.51. The molecule has 0 atom stereocenters. The van der Waals surface area contributed by atoms with Crippen LogP contribution in [0.5, 0.6) is 0 Å². The molecule has 1 rings (SSSR count). The largest absolute Gasteiger partial charge is 0.481 e. The topological polar surface area (TPSA) is 37.3 Å². The number of hydrogen-bond donors (Lipinski definition) is 1. The van der Waals surface area contributed by atoms with Crippen LogP contribution in [0.1, 0.15) is 31.4 Å². The Hall–Kier alpha value is -1.31. The van der Waals surface area contributed by atoms with Crippen LogP contribution in [0.2, 0.25) is 0 Å². The van der Waals surface area contributed by atoms with Crippen LogP contribution in [0.25, 0.3) is 0 Å². The Balaban J connectivity index is 2.77. The van der Waals surface area contributed by atoms with Gasteiger partial charge in [0.1, 0.15) is 0 Å². The third-order valence-corrected chi connectivity index (χ3v) is 2.56. The molecule has 2 nitrogen and oxygen atoms in total. The van der Waals surface area contributed by atoms with E-state index in [1.165, 1.54) is 11.1 Å². The van der Waals surface area contributed by atoms with Crippen LogP contribution < -0.4 is 0 Å². The Morgan fingerprint density at radius 3 is 2.47 bits per heavy atom. The summed E-state index contributed by atoms with van der Waals surface area (Å²) in [5, 5.41) is 8.80. The van der Waals surface area contributed by atoms with Gasteiger partial charge in [0.05, 0.1) is 6.42 Å². The van der Waals surface area contributed by atoms with Crippen molar-refractivity contribution in [1.29, 1.82) is 0 Å². The third-order valence-electron chi connectivity index (χ3n) is 2.56. The summed E-state index contributed by atoms with van der Waals surface area (Å²) in [4.78, 5) is 10.7. The van der Waals surface area contributed by atoms with Gasteiger partial charge >= 0.3 is 5.97 Å². The number of carboxylic acids is 1. The minimum atomic E-state index is -0.728. The number of aliphatic carboxylic acids is 1. The van der Waals surface area contributed by atoms with E-state index in [1.54, 1.807) is 0 Å². The van der Waals surface area contributed by atoms with Crippen molar-refractivity contribution >= 4 is 5.97 Å². The fraction of sp³-hybridized carbons (Fsp3) is 0.462. The van der Waals surface area contributed by atoms with Gasteiger partial charge in [0.2, 0.25) is 0 Å². The molecule has 1 aromatic rings. The second-order valence-corrected chi connectivity index (χ2v) is 4.84. The van der Waals surface area contributed by atoms with Crippen LogP contribution in [-0.4, -0.2) is 11.1 Å². The Bertz CT molecular complexity index is 353. The zero-order valence-corrected chi connectivity index (χ0v) is 9.58. The monoisotopic (exact) mass is 206 g/mol. The van der Waals surface area contributed by atoms with Crippen LogP contribution in [-0.2, 0) is 11.2 Å². The van der Waals surface area contributed by atoms with Crippen molar-refractivity contribution in [3.8, 4) is 0 Å². The lowest BCUT2D eigenvalue weighted by atomic mass is 9.81. The maximum atomic E-state index is 10.7. The van der Waals surface area contributed by atoms with Crippen molar-refractivity contribution in [2.24, 2.45) is 5.41 Å². The molecule has 1 N–H and O–H groups in total. The van der Waals surface area contributed by atoms with Crippen LogP contribution in [0.15, 0.2) is 24.3 Å². The van der Waals surface area contributed by atoms with E-state index in [4.69, 9.17) is 5.11 Å². The van der Waals surface area contributed by atoms with Crippen molar-refractivity contribution in [3.05, 3.63) is 35.4 Å². The maximum absolute atomic E-state index is 10.7. The van der Waals surface area contributed by atoms with Gasteiger partial charge in [-0.1, -0.05) is 38.1 Å². The molecule has 1 aromatic carbocycles. The van der Waals surface area contributed by atoms with Crippen molar-refractivity contribution in [3.63, 3.8) is 0 Å². The summed E-state index contributed by atoms with van der Waals surface area (Å²) in [7, 11) is 0. The average Bonchev–Trinajstić information content (AvgIpc) is 2.06. The molecule has 0 spiro atoms. The van der Waals surface area contributed by atoms with Crippen molar-refractivity contribution < 1.29 is 9.90 Å². The first-order chi connectivity index (χ1) is 6.91. The van der Waals surface area contributed by atoms with E-state index in [-0.39, 0.29) is 11.8 Å². The molecule has 0 radical (unpaired) electrons. The van der Waals surface area contributed by atoms with Crippen molar-refractivity contribution in [2.45, 2.75) is 33.6 Å². The zero-order valence-electron chi connectivity index (χ0n) is 9.58. The first-order valence-corrected chi connectivity index (χ1v) is 5.17. The molecule has 0 heterocycles. The normalized spacial score (nSPS) is 11.4. The van der Waals surface area contributed by atoms with Gasteiger partial charge in [-0.05, 0) is 29.9 Å². The molecule has 0 aromatic heterocycles. The number of benzene rings is 1. The van der Waals surface area contributed by atoms with Crippen LogP contribution >= 0.6 is 0 Å². The lowest BCUT2D eigenvalue weighted by Gasteiger charge is -2.23. The second-order valence-electron chi connectivity index (χ2n) is 4.84. The van der Waals surface area contributed by atoms with Gasteiger partial charge in [0.25, 0.3) is 0 Å². The van der Waals surface area contributed by atoms with Gasteiger partial charge in [0.15, 0.2) is 0 Å². The number of rotatable bonds is 4. The summed E-state index contributed by atoms with van der Waals surface area (Å²) >= 11 is 0. The number of aryl methyl sites for hydroxylation is 1. The van der Waals surface area contributed by atoms with Gasteiger partial charge in [-0.3, -0.25) is 4.79 Å². The highest BCUT2D eigenvalue weighted by Gasteiger charge is 2.22. The number of hydrogen-bond acceptors (Lipinski definition) is 1. The third kappa shape index (κ3) is 3.74. The first kappa shape index (κ1) is 11.8. The van der Waals surface area contributed by atoms with Crippen LogP contribution in [0.4, 0.5) is 0 Å². The summed E-state index contributed by atoms with van der Waals surface area (Å²) < 4.78 is 0. The predicted octanol–water partition coefficient (Wildman–Crippen LogP) is 3.04. The molecule has 15 heavy (non-hydrogen) atoms. The molecular weight excluding hydrogens is 188 g/mol. The second kappa shape index (κ2) is 4.47. The molecular formula is C13H18O2. The highest BCUT2D eigenvalue weighted by atomic mass is 16.4. The number of carbonyl (C=O) groups is 1. The SMILES string of the molecule is Cc1ccccc1CC(C)(C)CC(=O)O. The van der Waals surface area contributed by atoms with Crippen LogP contribution in [0, 0.1) is 12.3 Å². The van der Waals surface area contributed by atoms with Gasteiger partial charge < -0.3 is 5.11 Å². The van der Waals surface area contributed by atoms with Gasteiger partial charge in [-0.25, -0.2) is 0 Å². The minimum Gasteiger partial charge on any atom is -0.481 e. The van der Waals surface area contributed by atoms with E-state index >= 15 is 0 Å². The fourth-order valence-corrected chi connectivity index (χ4v) is 1.80. The van der Waals surface area contributed by atoms with Crippen molar-refractivity contribution in [2.75, 3.05) is 0 Å². The molecule has 0 saturated carbocycles. The van der Waals surface area contributed by atoms with Gasteiger partial charge in [0, 0.05) is 0 Å². The Morgan fingerprint density at radius 2 is 1.93 bits per heavy atom. The highest BCUT2D eigenvalue weighted by Crippen LogP contribution is 2.27. The maximum Gasteiger partial charge on any atom is 0.303 e. The molecule has 0 aliphatic rings. The fourth-order valence-electron chi connectivity index (χ4n) is 1.80. The molecule has 82 valence electrons. The molecule has 0 aliphatic heterocycles. The van der Waals surface area contributed by atoms with E-state index in [9.17, 15) is 4.79 Å². The van der Waals surface area contributed by atoms with Crippen molar-refractivity contribution in [1.82, 2.24) is 0 Å². The summed E-state index contributed by atoms with van der Waals surface area (Å²) in [5.74, 6) is -0.728. The highest BCUT2D eigenvalue weighted by molar-refractivity contribution is 5.67. The van der Waals surface area contributed by atoms with E-state index in [1.807, 2.05) is 26.0 Å². The van der Waals surface area contributed by atoms with Crippen LogP contribution in [0.3, 0.4) is 0 Å². The average molecular weight is 206 g/mol. The molecule has 0 saturated heterocycles. The number of carboxylic acid groups (broad SMARTS) is 1. The zero-order chi connectivity index (χ0) is 11.5. The quantitative estimate of drug-likeness (QED) is 0.822. The summed E-state index contributed by atoms with van der Waals surface area (Å²) in [6.45, 7) is 6.05. The predicted molar refractivity (Wildman–Crippen MR) is 60.9 cm³/mol. The minimum absolute atomic E-state index is 0.183. The van der Waals surface area contributed by atoms with E-state index < -0.39 is 5.97 Å². The molecule has 0 amide bonds.